The molecule has 2 rings (SSSR count). The molecule has 0 saturated carbocycles. The maximum atomic E-state index is 12.0. The number of ether oxygens (including phenoxy) is 2. The van der Waals surface area contributed by atoms with E-state index in [9.17, 15) is 13.6 Å². The second-order valence-electron chi connectivity index (χ2n) is 5.51. The van der Waals surface area contributed by atoms with Crippen molar-refractivity contribution in [2.24, 2.45) is 0 Å². The third-order valence-electron chi connectivity index (χ3n) is 3.73. The van der Waals surface area contributed by atoms with Crippen molar-refractivity contribution in [1.29, 1.82) is 0 Å². The molecule has 1 aliphatic heterocycles. The van der Waals surface area contributed by atoms with Crippen LogP contribution >= 0.6 is 0 Å². The lowest BCUT2D eigenvalue weighted by atomic mass is 10.1. The van der Waals surface area contributed by atoms with Gasteiger partial charge >= 0.3 is 12.6 Å². The van der Waals surface area contributed by atoms with Gasteiger partial charge in [0.1, 0.15) is 5.75 Å². The average molecular weight is 328 g/mol. The van der Waals surface area contributed by atoms with Crippen molar-refractivity contribution in [3.05, 3.63) is 29.8 Å². The predicted molar refractivity (Wildman–Crippen MR) is 81.7 cm³/mol. The summed E-state index contributed by atoms with van der Waals surface area (Å²) in [4.78, 5) is 11.8. The molecule has 0 radical (unpaired) electrons. The molecule has 2 unspecified atom stereocenters. The molecule has 7 heteroatoms. The molecule has 128 valence electrons. The standard InChI is InChI=1S/C16H22F2N2O3/c1-11(14-3-2-10-22-14)20-16(21)19-9-8-12-4-6-13(7-5-12)23-15(17)18/h4-7,11,14-15H,2-3,8-10H2,1H3,(H2,19,20,21). The summed E-state index contributed by atoms with van der Waals surface area (Å²) in [6.07, 6.45) is 2.69. The Morgan fingerprint density at radius 3 is 2.74 bits per heavy atom. The fraction of sp³-hybridized carbons (Fsp3) is 0.562. The zero-order valence-corrected chi connectivity index (χ0v) is 13.1. The van der Waals surface area contributed by atoms with Gasteiger partial charge in [0.05, 0.1) is 12.1 Å². The van der Waals surface area contributed by atoms with Gasteiger partial charge < -0.3 is 20.1 Å². The predicted octanol–water partition coefficient (Wildman–Crippen LogP) is 2.70. The van der Waals surface area contributed by atoms with E-state index >= 15 is 0 Å². The monoisotopic (exact) mass is 328 g/mol. The van der Waals surface area contributed by atoms with E-state index in [4.69, 9.17) is 4.74 Å². The van der Waals surface area contributed by atoms with Crippen LogP contribution in [0, 0.1) is 0 Å². The van der Waals surface area contributed by atoms with Crippen molar-refractivity contribution in [3.8, 4) is 5.75 Å². The highest BCUT2D eigenvalue weighted by molar-refractivity contribution is 5.74. The number of alkyl halides is 2. The fourth-order valence-electron chi connectivity index (χ4n) is 2.51. The van der Waals surface area contributed by atoms with E-state index in [1.54, 1.807) is 12.1 Å². The van der Waals surface area contributed by atoms with Crippen LogP contribution in [0.2, 0.25) is 0 Å². The summed E-state index contributed by atoms with van der Waals surface area (Å²) in [5, 5.41) is 5.64. The maximum absolute atomic E-state index is 12.0. The molecule has 23 heavy (non-hydrogen) atoms. The van der Waals surface area contributed by atoms with Crippen molar-refractivity contribution in [2.45, 2.75) is 44.9 Å². The van der Waals surface area contributed by atoms with Crippen LogP contribution < -0.4 is 15.4 Å². The highest BCUT2D eigenvalue weighted by Gasteiger charge is 2.23. The van der Waals surface area contributed by atoms with Crippen LogP contribution in [0.3, 0.4) is 0 Å². The molecule has 1 aromatic carbocycles. The number of halogens is 2. The molecule has 1 fully saturated rings. The molecular formula is C16H22F2N2O3. The van der Waals surface area contributed by atoms with Crippen LogP contribution in [0.15, 0.2) is 24.3 Å². The van der Waals surface area contributed by atoms with Gasteiger partial charge in [-0.1, -0.05) is 12.1 Å². The van der Waals surface area contributed by atoms with Crippen LogP contribution in [0.5, 0.6) is 5.75 Å². The van der Waals surface area contributed by atoms with Gasteiger partial charge in [-0.05, 0) is 43.9 Å². The minimum atomic E-state index is -2.82. The van der Waals surface area contributed by atoms with Gasteiger partial charge in [-0.2, -0.15) is 8.78 Å². The first kappa shape index (κ1) is 17.5. The Kier molecular flexibility index (Phi) is 6.58. The van der Waals surface area contributed by atoms with Crippen molar-refractivity contribution >= 4 is 6.03 Å². The third-order valence-corrected chi connectivity index (χ3v) is 3.73. The van der Waals surface area contributed by atoms with Crippen molar-refractivity contribution < 1.29 is 23.0 Å². The molecule has 0 bridgehead atoms. The number of nitrogens with one attached hydrogen (secondary N) is 2. The van der Waals surface area contributed by atoms with Crippen molar-refractivity contribution in [1.82, 2.24) is 10.6 Å². The molecule has 0 aliphatic carbocycles. The first-order valence-corrected chi connectivity index (χ1v) is 7.74. The van der Waals surface area contributed by atoms with Crippen LogP contribution in [0.25, 0.3) is 0 Å². The molecule has 2 N–H and O–H groups in total. The molecule has 2 atom stereocenters. The summed E-state index contributed by atoms with van der Waals surface area (Å²) in [5.41, 5.74) is 0.930. The zero-order chi connectivity index (χ0) is 16.7. The molecule has 0 aromatic heterocycles. The number of carbonyl (C=O) groups excluding carboxylic acids is 1. The number of rotatable bonds is 7. The van der Waals surface area contributed by atoms with Gasteiger partial charge in [0.15, 0.2) is 0 Å². The number of amides is 2. The third kappa shape index (κ3) is 6.02. The Morgan fingerprint density at radius 1 is 1.39 bits per heavy atom. The van der Waals surface area contributed by atoms with Crippen LogP contribution in [0.1, 0.15) is 25.3 Å². The van der Waals surface area contributed by atoms with Gasteiger partial charge in [-0.3, -0.25) is 0 Å². The SMILES string of the molecule is CC(NC(=O)NCCc1ccc(OC(F)F)cc1)C1CCCO1. The Labute approximate surface area is 134 Å². The number of hydrogen-bond donors (Lipinski definition) is 2. The summed E-state index contributed by atoms with van der Waals surface area (Å²) in [6, 6.07) is 6.12. The summed E-state index contributed by atoms with van der Waals surface area (Å²) in [6.45, 7) is 0.317. The zero-order valence-electron chi connectivity index (χ0n) is 13.1. The lowest BCUT2D eigenvalue weighted by Crippen LogP contribution is -2.46. The molecular weight excluding hydrogens is 306 g/mol. The highest BCUT2D eigenvalue weighted by Crippen LogP contribution is 2.16. The lowest BCUT2D eigenvalue weighted by Gasteiger charge is -2.20. The first-order chi connectivity index (χ1) is 11.0. The second kappa shape index (κ2) is 8.67. The maximum Gasteiger partial charge on any atom is 0.387 e. The number of carbonyl (C=O) groups is 1. The Morgan fingerprint density at radius 2 is 2.13 bits per heavy atom. The second-order valence-corrected chi connectivity index (χ2v) is 5.51. The highest BCUT2D eigenvalue weighted by atomic mass is 19.3. The van der Waals surface area contributed by atoms with Crippen LogP contribution in [0.4, 0.5) is 13.6 Å². The molecule has 1 aromatic rings. The van der Waals surface area contributed by atoms with E-state index in [0.717, 1.165) is 25.0 Å². The Bertz CT molecular complexity index is 491. The normalized spacial score (nSPS) is 18.7. The molecule has 1 heterocycles. The van der Waals surface area contributed by atoms with Crippen molar-refractivity contribution in [3.63, 3.8) is 0 Å². The van der Waals surface area contributed by atoms with Crippen LogP contribution in [-0.2, 0) is 11.2 Å². The Balaban J connectivity index is 1.66. The summed E-state index contributed by atoms with van der Waals surface area (Å²) < 4.78 is 33.9. The largest absolute Gasteiger partial charge is 0.435 e. The fourth-order valence-corrected chi connectivity index (χ4v) is 2.51. The molecule has 2 amide bonds. The van der Waals surface area contributed by atoms with Gasteiger partial charge in [0.2, 0.25) is 0 Å². The number of hydrogen-bond acceptors (Lipinski definition) is 3. The molecule has 5 nitrogen and oxygen atoms in total. The van der Waals surface area contributed by atoms with E-state index in [0.29, 0.717) is 13.0 Å². The summed E-state index contributed by atoms with van der Waals surface area (Å²) >= 11 is 0. The molecule has 0 spiro atoms. The van der Waals surface area contributed by atoms with E-state index in [-0.39, 0.29) is 23.9 Å². The quantitative estimate of drug-likeness (QED) is 0.809. The van der Waals surface area contributed by atoms with Crippen molar-refractivity contribution in [2.75, 3.05) is 13.2 Å². The van der Waals surface area contributed by atoms with Crippen LogP contribution in [-0.4, -0.2) is 37.9 Å². The first-order valence-electron chi connectivity index (χ1n) is 7.74. The molecule has 1 aliphatic rings. The van der Waals surface area contributed by atoms with Gasteiger partial charge in [0, 0.05) is 13.2 Å². The van der Waals surface area contributed by atoms with E-state index in [1.807, 2.05) is 6.92 Å². The topological polar surface area (TPSA) is 59.6 Å². The summed E-state index contributed by atoms with van der Waals surface area (Å²) in [7, 11) is 0. The van der Waals surface area contributed by atoms with Gasteiger partial charge in [-0.25, -0.2) is 4.79 Å². The minimum Gasteiger partial charge on any atom is -0.435 e. The lowest BCUT2D eigenvalue weighted by molar-refractivity contribution is -0.0498. The van der Waals surface area contributed by atoms with Gasteiger partial charge in [-0.15, -0.1) is 0 Å². The van der Waals surface area contributed by atoms with E-state index < -0.39 is 6.61 Å². The average Bonchev–Trinajstić information content (AvgIpc) is 3.03. The minimum absolute atomic E-state index is 0.0247. The van der Waals surface area contributed by atoms with Gasteiger partial charge in [0.25, 0.3) is 0 Å². The summed E-state index contributed by atoms with van der Waals surface area (Å²) in [5.74, 6) is 0.125. The van der Waals surface area contributed by atoms with E-state index in [2.05, 4.69) is 15.4 Å². The van der Waals surface area contributed by atoms with E-state index in [1.165, 1.54) is 12.1 Å². The number of benzene rings is 1. The smallest absolute Gasteiger partial charge is 0.387 e. The molecule has 1 saturated heterocycles. The number of urea groups is 1. The Hall–Kier alpha value is -1.89.